The van der Waals surface area contributed by atoms with Crippen LogP contribution in [-0.2, 0) is 10.1 Å². The van der Waals surface area contributed by atoms with Gasteiger partial charge in [0.05, 0.1) is 4.90 Å². The van der Waals surface area contributed by atoms with Crippen LogP contribution in [-0.4, -0.2) is 13.0 Å². The first kappa shape index (κ1) is 17.1. The number of rotatable bonds is 5. The van der Waals surface area contributed by atoms with E-state index in [0.717, 1.165) is 30.4 Å². The largest absolute Gasteiger partial charge is 0.344 e. The van der Waals surface area contributed by atoms with Gasteiger partial charge in [-0.2, -0.15) is 8.42 Å². The molecule has 18 heavy (non-hydrogen) atoms. The van der Waals surface area contributed by atoms with Crippen LogP contribution < -0.4 is 6.15 Å². The van der Waals surface area contributed by atoms with Gasteiger partial charge in [-0.1, -0.05) is 38.0 Å². The van der Waals surface area contributed by atoms with Gasteiger partial charge in [-0.15, -0.1) is 0 Å². The Bertz CT molecular complexity index is 483. The molecule has 1 atom stereocenters. The van der Waals surface area contributed by atoms with Gasteiger partial charge in [0.1, 0.15) is 0 Å². The molecule has 104 valence electrons. The maximum atomic E-state index is 11.3. The molecule has 1 aromatic carbocycles. The van der Waals surface area contributed by atoms with E-state index in [1.54, 1.807) is 6.07 Å². The lowest BCUT2D eigenvalue weighted by atomic mass is 9.91. The van der Waals surface area contributed by atoms with Crippen LogP contribution in [0.1, 0.15) is 50.2 Å². The van der Waals surface area contributed by atoms with Crippen molar-refractivity contribution in [2.24, 2.45) is 0 Å². The highest BCUT2D eigenvalue weighted by Crippen LogP contribution is 2.30. The minimum Gasteiger partial charge on any atom is -0.344 e. The Kier molecular flexibility index (Phi) is 6.52. The van der Waals surface area contributed by atoms with Gasteiger partial charge < -0.3 is 6.15 Å². The molecule has 0 bridgehead atoms. The molecular formula is C13H23NO3S. The van der Waals surface area contributed by atoms with Crippen molar-refractivity contribution in [3.63, 3.8) is 0 Å². The Balaban J connectivity index is 0.00000289. The molecule has 0 aliphatic carbocycles. The summed E-state index contributed by atoms with van der Waals surface area (Å²) in [4.78, 5) is 0.0587. The molecule has 5 heteroatoms. The monoisotopic (exact) mass is 273 g/mol. The first-order valence-electron chi connectivity index (χ1n) is 5.98. The molecule has 0 radical (unpaired) electrons. The Labute approximate surface area is 110 Å². The average molecular weight is 273 g/mol. The van der Waals surface area contributed by atoms with E-state index in [2.05, 4.69) is 6.92 Å². The quantitative estimate of drug-likeness (QED) is 0.800. The van der Waals surface area contributed by atoms with Gasteiger partial charge in [0.25, 0.3) is 10.1 Å². The van der Waals surface area contributed by atoms with E-state index in [4.69, 9.17) is 0 Å². The summed E-state index contributed by atoms with van der Waals surface area (Å²) in [5.74, 6) is 0.192. The van der Waals surface area contributed by atoms with Gasteiger partial charge in [-0.3, -0.25) is 4.55 Å². The van der Waals surface area contributed by atoms with Gasteiger partial charge in [0.2, 0.25) is 0 Å². The molecule has 0 aliphatic heterocycles. The molecular weight excluding hydrogens is 250 g/mol. The van der Waals surface area contributed by atoms with Crippen LogP contribution >= 0.6 is 0 Å². The fourth-order valence-electron chi connectivity index (χ4n) is 2.15. The van der Waals surface area contributed by atoms with Gasteiger partial charge >= 0.3 is 0 Å². The molecule has 0 spiro atoms. The van der Waals surface area contributed by atoms with Crippen molar-refractivity contribution < 1.29 is 13.0 Å². The number of benzene rings is 1. The average Bonchev–Trinajstić information content (AvgIpc) is 2.24. The molecule has 0 saturated carbocycles. The Morgan fingerprint density at radius 2 is 1.89 bits per heavy atom. The van der Waals surface area contributed by atoms with Crippen LogP contribution in [0.2, 0.25) is 0 Å². The van der Waals surface area contributed by atoms with Crippen molar-refractivity contribution in [1.29, 1.82) is 0 Å². The lowest BCUT2D eigenvalue weighted by molar-refractivity contribution is 0.478. The van der Waals surface area contributed by atoms with Crippen LogP contribution in [0.5, 0.6) is 0 Å². The van der Waals surface area contributed by atoms with Crippen molar-refractivity contribution in [2.75, 3.05) is 0 Å². The first-order valence-corrected chi connectivity index (χ1v) is 7.42. The van der Waals surface area contributed by atoms with E-state index in [1.165, 1.54) is 6.07 Å². The zero-order valence-electron chi connectivity index (χ0n) is 11.3. The maximum Gasteiger partial charge on any atom is 0.294 e. The lowest BCUT2D eigenvalue weighted by Crippen LogP contribution is -2.07. The van der Waals surface area contributed by atoms with E-state index in [9.17, 15) is 13.0 Å². The van der Waals surface area contributed by atoms with Gasteiger partial charge in [0, 0.05) is 0 Å². The molecule has 0 aliphatic rings. The summed E-state index contributed by atoms with van der Waals surface area (Å²) in [5, 5.41) is 0. The maximum absolute atomic E-state index is 11.3. The van der Waals surface area contributed by atoms with Crippen molar-refractivity contribution in [3.8, 4) is 0 Å². The standard InChI is InChI=1S/C13H20O3S.H3N/c1-4-6-11(5-2)12-9-10(3)7-8-13(12)17(14,15)16;/h7-9,11H,4-6H2,1-3H3,(H,14,15,16);1H3. The van der Waals surface area contributed by atoms with Crippen molar-refractivity contribution in [2.45, 2.75) is 50.8 Å². The summed E-state index contributed by atoms with van der Waals surface area (Å²) in [6.45, 7) is 6.04. The van der Waals surface area contributed by atoms with Crippen molar-refractivity contribution >= 4 is 10.1 Å². The highest BCUT2D eigenvalue weighted by atomic mass is 32.2. The van der Waals surface area contributed by atoms with Crippen LogP contribution in [0.15, 0.2) is 23.1 Å². The Hall–Kier alpha value is -0.910. The topological polar surface area (TPSA) is 89.4 Å². The van der Waals surface area contributed by atoms with Crippen LogP contribution in [0.3, 0.4) is 0 Å². The zero-order valence-corrected chi connectivity index (χ0v) is 12.1. The minimum absolute atomic E-state index is 0. The van der Waals surface area contributed by atoms with Crippen LogP contribution in [0.4, 0.5) is 0 Å². The van der Waals surface area contributed by atoms with Gasteiger partial charge in [0.15, 0.2) is 0 Å². The second-order valence-electron chi connectivity index (χ2n) is 4.41. The summed E-state index contributed by atoms with van der Waals surface area (Å²) in [6, 6.07) is 5.08. The predicted octanol–water partition coefficient (Wildman–Crippen LogP) is 3.70. The third-order valence-electron chi connectivity index (χ3n) is 3.01. The second kappa shape index (κ2) is 6.87. The van der Waals surface area contributed by atoms with Gasteiger partial charge in [-0.25, -0.2) is 0 Å². The molecule has 0 aromatic heterocycles. The lowest BCUT2D eigenvalue weighted by Gasteiger charge is -2.17. The fourth-order valence-corrected chi connectivity index (χ4v) is 2.91. The summed E-state index contributed by atoms with van der Waals surface area (Å²) >= 11 is 0. The number of aryl methyl sites for hydroxylation is 1. The first-order chi connectivity index (χ1) is 7.90. The Morgan fingerprint density at radius 3 is 2.33 bits per heavy atom. The molecule has 1 aromatic rings. The fraction of sp³-hybridized carbons (Fsp3) is 0.538. The molecule has 0 heterocycles. The van der Waals surface area contributed by atoms with E-state index in [1.807, 2.05) is 19.9 Å². The second-order valence-corrected chi connectivity index (χ2v) is 5.80. The normalized spacial score (nSPS) is 12.9. The molecule has 0 fully saturated rings. The molecule has 0 amide bonds. The summed E-state index contributed by atoms with van der Waals surface area (Å²) in [6.07, 6.45) is 2.81. The van der Waals surface area contributed by atoms with Crippen molar-refractivity contribution in [3.05, 3.63) is 29.3 Å². The van der Waals surface area contributed by atoms with Crippen LogP contribution in [0.25, 0.3) is 0 Å². The summed E-state index contributed by atoms with van der Waals surface area (Å²) < 4.78 is 31.9. The molecule has 1 rings (SSSR count). The van der Waals surface area contributed by atoms with E-state index < -0.39 is 10.1 Å². The third kappa shape index (κ3) is 4.08. The molecule has 1 unspecified atom stereocenters. The number of hydrogen-bond acceptors (Lipinski definition) is 3. The van der Waals surface area contributed by atoms with Gasteiger partial charge in [-0.05, 0) is 37.3 Å². The molecule has 4 N–H and O–H groups in total. The Morgan fingerprint density at radius 1 is 1.28 bits per heavy atom. The van der Waals surface area contributed by atoms with E-state index in [-0.39, 0.29) is 17.0 Å². The number of hydrogen-bond donors (Lipinski definition) is 2. The van der Waals surface area contributed by atoms with Crippen molar-refractivity contribution in [1.82, 2.24) is 6.15 Å². The zero-order chi connectivity index (χ0) is 13.1. The SMILES string of the molecule is CCCC(CC)c1cc(C)ccc1S(=O)(=O)O.N. The third-order valence-corrected chi connectivity index (χ3v) is 3.94. The minimum atomic E-state index is -4.12. The highest BCUT2D eigenvalue weighted by molar-refractivity contribution is 7.85. The van der Waals surface area contributed by atoms with Crippen LogP contribution in [0, 0.1) is 6.92 Å². The van der Waals surface area contributed by atoms with E-state index >= 15 is 0 Å². The smallest absolute Gasteiger partial charge is 0.294 e. The molecule has 0 saturated heterocycles. The molecule has 4 nitrogen and oxygen atoms in total. The predicted molar refractivity (Wildman–Crippen MR) is 74.0 cm³/mol. The summed E-state index contributed by atoms with van der Waals surface area (Å²) in [7, 11) is -4.12. The van der Waals surface area contributed by atoms with E-state index in [0.29, 0.717) is 0 Å². The summed E-state index contributed by atoms with van der Waals surface area (Å²) in [5.41, 5.74) is 1.76. The highest BCUT2D eigenvalue weighted by Gasteiger charge is 2.20.